The van der Waals surface area contributed by atoms with E-state index in [1.807, 2.05) is 31.0 Å². The summed E-state index contributed by atoms with van der Waals surface area (Å²) in [5.41, 5.74) is 2.02. The van der Waals surface area contributed by atoms with E-state index >= 15 is 0 Å². The van der Waals surface area contributed by atoms with E-state index in [-0.39, 0.29) is 0 Å². The number of nitrogens with one attached hydrogen (secondary N) is 1. The molecule has 3 rings (SSSR count). The molecule has 0 spiro atoms. The Kier molecular flexibility index (Phi) is 7.26. The number of sulfonamides is 1. The molecule has 0 amide bonds. The Balaban J connectivity index is 1.58. The topological polar surface area (TPSA) is 77.9 Å². The van der Waals surface area contributed by atoms with Gasteiger partial charge in [-0.2, -0.15) is 4.31 Å². The fraction of sp³-hybridized carbons (Fsp3) is 0.500. The Morgan fingerprint density at radius 1 is 1.24 bits per heavy atom. The highest BCUT2D eigenvalue weighted by molar-refractivity contribution is 7.89. The number of hydrogen-bond acceptors (Lipinski definition) is 5. The molecule has 2 aromatic rings. The molecule has 0 unspecified atom stereocenters. The molecule has 1 aromatic heterocycles. The third-order valence-corrected chi connectivity index (χ3v) is 7.70. The number of aryl methyl sites for hydroxylation is 1. The first-order valence-electron chi connectivity index (χ1n) is 9.82. The molecule has 1 aliphatic rings. The van der Waals surface area contributed by atoms with Crippen LogP contribution in [-0.2, 0) is 23.1 Å². The van der Waals surface area contributed by atoms with Crippen LogP contribution >= 0.6 is 11.3 Å². The van der Waals surface area contributed by atoms with Gasteiger partial charge in [-0.25, -0.2) is 13.4 Å². The van der Waals surface area contributed by atoms with Gasteiger partial charge in [-0.05, 0) is 37.5 Å². The highest BCUT2D eigenvalue weighted by Gasteiger charge is 2.25. The fourth-order valence-corrected chi connectivity index (χ4v) is 5.52. The van der Waals surface area contributed by atoms with Gasteiger partial charge >= 0.3 is 0 Å². The minimum atomic E-state index is -3.39. The van der Waals surface area contributed by atoms with E-state index in [2.05, 4.69) is 20.7 Å². The SMILES string of the molecule is CN=C(NCc1ccc(S(=O)(=O)N2CCCCC2)cc1)N(C)Cc1csc(C)n1. The van der Waals surface area contributed by atoms with Crippen molar-refractivity contribution in [3.63, 3.8) is 0 Å². The minimum absolute atomic E-state index is 0.364. The Bertz CT molecular complexity index is 932. The smallest absolute Gasteiger partial charge is 0.243 e. The van der Waals surface area contributed by atoms with Crippen LogP contribution in [0.4, 0.5) is 0 Å². The second-order valence-corrected chi connectivity index (χ2v) is 10.2. The van der Waals surface area contributed by atoms with E-state index in [0.29, 0.717) is 31.1 Å². The van der Waals surface area contributed by atoms with Crippen LogP contribution in [0, 0.1) is 6.92 Å². The van der Waals surface area contributed by atoms with E-state index in [1.165, 1.54) is 0 Å². The van der Waals surface area contributed by atoms with Crippen molar-refractivity contribution in [1.82, 2.24) is 19.5 Å². The summed E-state index contributed by atoms with van der Waals surface area (Å²) in [5, 5.41) is 6.43. The molecular weight excluding hydrogens is 406 g/mol. The highest BCUT2D eigenvalue weighted by atomic mass is 32.2. The van der Waals surface area contributed by atoms with Gasteiger partial charge in [0.15, 0.2) is 5.96 Å². The van der Waals surface area contributed by atoms with Gasteiger partial charge in [-0.1, -0.05) is 18.6 Å². The molecule has 158 valence electrons. The molecule has 0 aliphatic carbocycles. The molecule has 1 fully saturated rings. The zero-order valence-electron chi connectivity index (χ0n) is 17.3. The zero-order chi connectivity index (χ0) is 20.9. The largest absolute Gasteiger partial charge is 0.352 e. The summed E-state index contributed by atoms with van der Waals surface area (Å²) in [6.45, 7) is 4.48. The van der Waals surface area contributed by atoms with E-state index in [1.54, 1.807) is 34.8 Å². The predicted molar refractivity (Wildman–Crippen MR) is 118 cm³/mol. The molecule has 2 heterocycles. The lowest BCUT2D eigenvalue weighted by Gasteiger charge is -2.26. The molecule has 9 heteroatoms. The van der Waals surface area contributed by atoms with Gasteiger partial charge in [-0.3, -0.25) is 4.99 Å². The van der Waals surface area contributed by atoms with Crippen LogP contribution < -0.4 is 5.32 Å². The molecular formula is C20H29N5O2S2. The van der Waals surface area contributed by atoms with Crippen LogP contribution in [0.3, 0.4) is 0 Å². The number of guanidine groups is 1. The predicted octanol–water partition coefficient (Wildman–Crippen LogP) is 2.83. The van der Waals surface area contributed by atoms with Crippen molar-refractivity contribution >= 4 is 27.3 Å². The second-order valence-electron chi connectivity index (χ2n) is 7.22. The van der Waals surface area contributed by atoms with Crippen LogP contribution in [0.5, 0.6) is 0 Å². The maximum absolute atomic E-state index is 12.8. The summed E-state index contributed by atoms with van der Waals surface area (Å²) < 4.78 is 27.1. The Labute approximate surface area is 177 Å². The fourth-order valence-electron chi connectivity index (χ4n) is 3.40. The number of nitrogens with zero attached hydrogens (tertiary/aromatic N) is 4. The van der Waals surface area contributed by atoms with Crippen molar-refractivity contribution in [1.29, 1.82) is 0 Å². The van der Waals surface area contributed by atoms with Gasteiger partial charge in [0.05, 0.1) is 22.1 Å². The summed E-state index contributed by atoms with van der Waals surface area (Å²) in [6.07, 6.45) is 2.98. The Morgan fingerprint density at radius 3 is 2.52 bits per heavy atom. The number of piperidine rings is 1. The monoisotopic (exact) mass is 435 g/mol. The van der Waals surface area contributed by atoms with Gasteiger partial charge in [0.25, 0.3) is 0 Å². The first kappa shape index (κ1) is 21.7. The summed E-state index contributed by atoms with van der Waals surface area (Å²) in [6, 6.07) is 7.12. The molecule has 7 nitrogen and oxygen atoms in total. The van der Waals surface area contributed by atoms with Crippen LogP contribution in [-0.4, -0.2) is 55.8 Å². The number of benzene rings is 1. The van der Waals surface area contributed by atoms with Crippen LogP contribution in [0.25, 0.3) is 0 Å². The third kappa shape index (κ3) is 5.55. The minimum Gasteiger partial charge on any atom is -0.352 e. The van der Waals surface area contributed by atoms with Crippen molar-refractivity contribution in [2.45, 2.75) is 44.2 Å². The van der Waals surface area contributed by atoms with Crippen molar-refractivity contribution in [2.24, 2.45) is 4.99 Å². The number of rotatable bonds is 6. The average molecular weight is 436 g/mol. The quantitative estimate of drug-likeness (QED) is 0.558. The van der Waals surface area contributed by atoms with Crippen molar-refractivity contribution in [2.75, 3.05) is 27.2 Å². The standard InChI is InChI=1S/C20H29N5O2S2/c1-16-23-18(15-28-16)14-24(3)20(21-2)22-13-17-7-9-19(10-8-17)29(26,27)25-11-5-4-6-12-25/h7-10,15H,4-6,11-14H2,1-3H3,(H,21,22). The van der Waals surface area contributed by atoms with E-state index < -0.39 is 10.0 Å². The van der Waals surface area contributed by atoms with Crippen LogP contribution in [0.15, 0.2) is 39.5 Å². The lowest BCUT2D eigenvalue weighted by Crippen LogP contribution is -2.38. The summed E-state index contributed by atoms with van der Waals surface area (Å²) in [4.78, 5) is 11.2. The molecule has 0 radical (unpaired) electrons. The Hall–Kier alpha value is -1.97. The summed E-state index contributed by atoms with van der Waals surface area (Å²) in [5.74, 6) is 0.765. The second kappa shape index (κ2) is 9.69. The number of thiazole rings is 1. The maximum atomic E-state index is 12.8. The highest BCUT2D eigenvalue weighted by Crippen LogP contribution is 2.21. The van der Waals surface area contributed by atoms with Gasteiger partial charge in [0.2, 0.25) is 10.0 Å². The van der Waals surface area contributed by atoms with Gasteiger partial charge in [0, 0.05) is 39.1 Å². The van der Waals surface area contributed by atoms with E-state index in [0.717, 1.165) is 41.5 Å². The van der Waals surface area contributed by atoms with Crippen LogP contribution in [0.2, 0.25) is 0 Å². The molecule has 0 atom stereocenters. The molecule has 1 aliphatic heterocycles. The zero-order valence-corrected chi connectivity index (χ0v) is 18.9. The Morgan fingerprint density at radius 2 is 1.93 bits per heavy atom. The van der Waals surface area contributed by atoms with Gasteiger partial charge in [0.1, 0.15) is 0 Å². The molecule has 0 bridgehead atoms. The van der Waals surface area contributed by atoms with Crippen molar-refractivity contribution in [3.05, 3.63) is 45.9 Å². The average Bonchev–Trinajstić information content (AvgIpc) is 3.14. The van der Waals surface area contributed by atoms with Crippen LogP contribution in [0.1, 0.15) is 35.5 Å². The summed E-state index contributed by atoms with van der Waals surface area (Å²) >= 11 is 1.64. The van der Waals surface area contributed by atoms with Gasteiger partial charge in [-0.15, -0.1) is 11.3 Å². The van der Waals surface area contributed by atoms with Gasteiger partial charge < -0.3 is 10.2 Å². The van der Waals surface area contributed by atoms with E-state index in [9.17, 15) is 8.42 Å². The number of aromatic nitrogens is 1. The lowest BCUT2D eigenvalue weighted by atomic mass is 10.2. The van der Waals surface area contributed by atoms with Crippen molar-refractivity contribution in [3.8, 4) is 0 Å². The lowest BCUT2D eigenvalue weighted by molar-refractivity contribution is 0.346. The molecule has 0 saturated carbocycles. The maximum Gasteiger partial charge on any atom is 0.243 e. The number of hydrogen-bond donors (Lipinski definition) is 1. The van der Waals surface area contributed by atoms with E-state index in [4.69, 9.17) is 0 Å². The molecule has 29 heavy (non-hydrogen) atoms. The van der Waals surface area contributed by atoms with Crippen molar-refractivity contribution < 1.29 is 8.42 Å². The summed E-state index contributed by atoms with van der Waals surface area (Å²) in [7, 11) is 0.334. The normalized spacial score (nSPS) is 16.0. The molecule has 1 saturated heterocycles. The third-order valence-electron chi connectivity index (χ3n) is 4.97. The molecule has 1 N–H and O–H groups in total. The number of aliphatic imine (C=N–C) groups is 1. The first-order valence-corrected chi connectivity index (χ1v) is 12.1. The molecule has 1 aromatic carbocycles. The first-order chi connectivity index (χ1) is 13.9.